The summed E-state index contributed by atoms with van der Waals surface area (Å²) in [7, 11) is 0. The number of nitrogens with two attached hydrogens (primary N) is 1. The third kappa shape index (κ3) is 3.79. The largest absolute Gasteiger partial charge is 0.375 e. The van der Waals surface area contributed by atoms with Gasteiger partial charge in [-0.25, -0.2) is 0 Å². The van der Waals surface area contributed by atoms with E-state index in [1.807, 2.05) is 24.3 Å². The molecule has 2 aromatic rings. The molecule has 0 aliphatic carbocycles. The van der Waals surface area contributed by atoms with E-state index in [1.54, 1.807) is 0 Å². The van der Waals surface area contributed by atoms with Crippen LogP contribution in [0.4, 0.5) is 11.4 Å². The lowest BCUT2D eigenvalue weighted by atomic mass is 10.1. The van der Waals surface area contributed by atoms with Gasteiger partial charge in [0.25, 0.3) is 5.69 Å². The van der Waals surface area contributed by atoms with Gasteiger partial charge in [0.2, 0.25) is 5.91 Å². The average molecular weight is 350 g/mol. The van der Waals surface area contributed by atoms with Crippen molar-refractivity contribution in [2.45, 2.75) is 6.54 Å². The van der Waals surface area contributed by atoms with E-state index in [-0.39, 0.29) is 16.9 Å². The van der Waals surface area contributed by atoms with Crippen molar-refractivity contribution < 1.29 is 9.72 Å². The van der Waals surface area contributed by atoms with Gasteiger partial charge < -0.3 is 11.1 Å². The lowest BCUT2D eigenvalue weighted by Crippen LogP contribution is -2.12. The quantitative estimate of drug-likeness (QED) is 0.640. The van der Waals surface area contributed by atoms with Crippen molar-refractivity contribution >= 4 is 33.2 Å². The number of nitro benzene ring substituents is 1. The van der Waals surface area contributed by atoms with Crippen molar-refractivity contribution in [1.82, 2.24) is 0 Å². The summed E-state index contributed by atoms with van der Waals surface area (Å²) in [5.74, 6) is -0.628. The van der Waals surface area contributed by atoms with Gasteiger partial charge in [-0.15, -0.1) is 0 Å². The van der Waals surface area contributed by atoms with Crippen LogP contribution in [0.1, 0.15) is 15.9 Å². The fraction of sp³-hybridized carbons (Fsp3) is 0.0714. The minimum atomic E-state index is -0.628. The number of nitro groups is 1. The maximum atomic E-state index is 11.2. The van der Waals surface area contributed by atoms with Crippen LogP contribution in [0.15, 0.2) is 46.9 Å². The maximum Gasteiger partial charge on any atom is 0.292 e. The minimum absolute atomic E-state index is 0.0999. The second-order valence-electron chi connectivity index (χ2n) is 4.33. The van der Waals surface area contributed by atoms with E-state index < -0.39 is 10.8 Å². The second kappa shape index (κ2) is 6.36. The van der Waals surface area contributed by atoms with E-state index in [1.165, 1.54) is 18.2 Å². The Morgan fingerprint density at radius 1 is 1.24 bits per heavy atom. The zero-order valence-electron chi connectivity index (χ0n) is 10.9. The molecule has 0 saturated heterocycles. The predicted octanol–water partition coefficient (Wildman–Crippen LogP) is 3.07. The van der Waals surface area contributed by atoms with Crippen LogP contribution >= 0.6 is 15.9 Å². The molecule has 0 aliphatic rings. The van der Waals surface area contributed by atoms with Gasteiger partial charge in [-0.1, -0.05) is 28.1 Å². The molecule has 0 fully saturated rings. The van der Waals surface area contributed by atoms with Crippen LogP contribution in [0.2, 0.25) is 0 Å². The van der Waals surface area contributed by atoms with Gasteiger partial charge in [0.1, 0.15) is 5.69 Å². The molecule has 0 spiro atoms. The van der Waals surface area contributed by atoms with Crippen LogP contribution in [0, 0.1) is 10.1 Å². The number of nitrogens with one attached hydrogen (secondary N) is 1. The number of hydrogen-bond acceptors (Lipinski definition) is 4. The van der Waals surface area contributed by atoms with E-state index >= 15 is 0 Å². The normalized spacial score (nSPS) is 10.1. The summed E-state index contributed by atoms with van der Waals surface area (Å²) < 4.78 is 0.952. The molecule has 108 valence electrons. The molecule has 0 saturated carbocycles. The standard InChI is InChI=1S/C14H12BrN3O3/c15-11-4-1-9(2-5-11)8-17-12-7-10(14(16)19)3-6-13(12)18(20)21/h1-7,17H,8H2,(H2,16,19). The number of primary amides is 1. The van der Waals surface area contributed by atoms with Crippen LogP contribution in [-0.2, 0) is 6.54 Å². The Hall–Kier alpha value is -2.41. The highest BCUT2D eigenvalue weighted by Crippen LogP contribution is 2.26. The van der Waals surface area contributed by atoms with Crippen molar-refractivity contribution in [1.29, 1.82) is 0 Å². The molecule has 6 nitrogen and oxygen atoms in total. The zero-order chi connectivity index (χ0) is 15.4. The number of carbonyl (C=O) groups is 1. The Labute approximate surface area is 129 Å². The topological polar surface area (TPSA) is 98.3 Å². The number of amides is 1. The lowest BCUT2D eigenvalue weighted by Gasteiger charge is -2.08. The van der Waals surface area contributed by atoms with Gasteiger partial charge in [-0.05, 0) is 29.8 Å². The highest BCUT2D eigenvalue weighted by Gasteiger charge is 2.15. The molecule has 0 atom stereocenters. The molecule has 0 unspecified atom stereocenters. The van der Waals surface area contributed by atoms with E-state index in [2.05, 4.69) is 21.2 Å². The summed E-state index contributed by atoms with van der Waals surface area (Å²) in [6.45, 7) is 0.399. The maximum absolute atomic E-state index is 11.2. The number of halogens is 1. The molecule has 2 aromatic carbocycles. The zero-order valence-corrected chi connectivity index (χ0v) is 12.5. The number of benzene rings is 2. The molecule has 0 aromatic heterocycles. The SMILES string of the molecule is NC(=O)c1ccc([N+](=O)[O-])c(NCc2ccc(Br)cc2)c1. The van der Waals surface area contributed by atoms with Crippen molar-refractivity contribution in [3.05, 3.63) is 68.2 Å². The van der Waals surface area contributed by atoms with Crippen molar-refractivity contribution in [2.75, 3.05) is 5.32 Å². The van der Waals surface area contributed by atoms with Gasteiger partial charge >= 0.3 is 0 Å². The van der Waals surface area contributed by atoms with E-state index in [9.17, 15) is 14.9 Å². The number of nitrogens with zero attached hydrogens (tertiary/aromatic N) is 1. The first-order valence-corrected chi connectivity index (χ1v) is 6.83. The molecular weight excluding hydrogens is 338 g/mol. The van der Waals surface area contributed by atoms with Crippen LogP contribution in [0.25, 0.3) is 0 Å². The van der Waals surface area contributed by atoms with Gasteiger partial charge in [0, 0.05) is 22.6 Å². The van der Waals surface area contributed by atoms with Crippen molar-refractivity contribution in [3.8, 4) is 0 Å². The summed E-state index contributed by atoms with van der Waals surface area (Å²) in [5.41, 5.74) is 6.53. The fourth-order valence-corrected chi connectivity index (χ4v) is 2.05. The van der Waals surface area contributed by atoms with E-state index in [0.717, 1.165) is 10.0 Å². The number of anilines is 1. The van der Waals surface area contributed by atoms with Gasteiger partial charge in [-0.3, -0.25) is 14.9 Å². The molecule has 3 N–H and O–H groups in total. The Kier molecular flexibility index (Phi) is 4.54. The summed E-state index contributed by atoms with van der Waals surface area (Å²) in [4.78, 5) is 21.7. The van der Waals surface area contributed by atoms with Crippen molar-refractivity contribution in [3.63, 3.8) is 0 Å². The molecule has 0 bridgehead atoms. The summed E-state index contributed by atoms with van der Waals surface area (Å²) >= 11 is 3.34. The smallest absolute Gasteiger partial charge is 0.292 e. The highest BCUT2D eigenvalue weighted by molar-refractivity contribution is 9.10. The van der Waals surface area contributed by atoms with Crippen LogP contribution in [0.5, 0.6) is 0 Å². The Morgan fingerprint density at radius 3 is 2.48 bits per heavy atom. The summed E-state index contributed by atoms with van der Waals surface area (Å²) in [6, 6.07) is 11.5. The van der Waals surface area contributed by atoms with Crippen LogP contribution in [0.3, 0.4) is 0 Å². The van der Waals surface area contributed by atoms with Crippen LogP contribution in [-0.4, -0.2) is 10.8 Å². The molecule has 2 rings (SSSR count). The molecule has 0 radical (unpaired) electrons. The average Bonchev–Trinajstić information content (AvgIpc) is 2.46. The van der Waals surface area contributed by atoms with E-state index in [4.69, 9.17) is 5.73 Å². The summed E-state index contributed by atoms with van der Waals surface area (Å²) in [5, 5.41) is 14.0. The number of carbonyl (C=O) groups excluding carboxylic acids is 1. The Bertz CT molecular complexity index is 686. The molecule has 7 heteroatoms. The first-order valence-electron chi connectivity index (χ1n) is 6.04. The predicted molar refractivity (Wildman–Crippen MR) is 83.1 cm³/mol. The monoisotopic (exact) mass is 349 g/mol. The minimum Gasteiger partial charge on any atom is -0.375 e. The van der Waals surface area contributed by atoms with Gasteiger partial charge in [0.15, 0.2) is 0 Å². The van der Waals surface area contributed by atoms with Gasteiger partial charge in [0.05, 0.1) is 4.92 Å². The molecular formula is C14H12BrN3O3. The highest BCUT2D eigenvalue weighted by atomic mass is 79.9. The lowest BCUT2D eigenvalue weighted by molar-refractivity contribution is -0.384. The molecule has 21 heavy (non-hydrogen) atoms. The fourth-order valence-electron chi connectivity index (χ4n) is 1.79. The molecule has 1 amide bonds. The van der Waals surface area contributed by atoms with Crippen molar-refractivity contribution in [2.24, 2.45) is 5.73 Å². The third-order valence-corrected chi connectivity index (χ3v) is 3.40. The van der Waals surface area contributed by atoms with Crippen LogP contribution < -0.4 is 11.1 Å². The Balaban J connectivity index is 2.24. The van der Waals surface area contributed by atoms with E-state index in [0.29, 0.717) is 6.54 Å². The second-order valence-corrected chi connectivity index (χ2v) is 5.25. The first kappa shape index (κ1) is 15.0. The third-order valence-electron chi connectivity index (χ3n) is 2.87. The van der Waals surface area contributed by atoms with Gasteiger partial charge in [-0.2, -0.15) is 0 Å². The Morgan fingerprint density at radius 2 is 1.90 bits per heavy atom. The summed E-state index contributed by atoms with van der Waals surface area (Å²) in [6.07, 6.45) is 0. The first-order chi connectivity index (χ1) is 9.97. The molecule has 0 heterocycles. The molecule has 0 aliphatic heterocycles. The number of hydrogen-bond donors (Lipinski definition) is 2. The number of rotatable bonds is 5.